The molecule has 0 fully saturated rings. The van der Waals surface area contributed by atoms with Gasteiger partial charge in [-0.25, -0.2) is 0 Å². The Kier molecular flexibility index (Phi) is 1.80. The molecule has 2 aromatic rings. The van der Waals surface area contributed by atoms with E-state index in [1.54, 1.807) is 16.7 Å². The molecule has 1 heteroatoms. The van der Waals surface area contributed by atoms with E-state index in [0.717, 1.165) is 6.54 Å². The van der Waals surface area contributed by atoms with Crippen LogP contribution in [0.4, 0.5) is 0 Å². The fourth-order valence-corrected chi connectivity index (χ4v) is 4.79. The van der Waals surface area contributed by atoms with Crippen molar-refractivity contribution in [1.82, 2.24) is 5.32 Å². The second kappa shape index (κ2) is 3.35. The summed E-state index contributed by atoms with van der Waals surface area (Å²) < 4.78 is 0. The molecular weight excluding hydrogens is 242 g/mol. The molecule has 20 heavy (non-hydrogen) atoms. The number of hydrogen-bond donors (Lipinski definition) is 1. The Morgan fingerprint density at radius 3 is 2.65 bits per heavy atom. The lowest BCUT2D eigenvalue weighted by Crippen LogP contribution is -2.31. The highest BCUT2D eigenvalue weighted by Crippen LogP contribution is 2.62. The average molecular weight is 259 g/mol. The van der Waals surface area contributed by atoms with Crippen LogP contribution in [-0.2, 0) is 5.41 Å². The van der Waals surface area contributed by atoms with Crippen molar-refractivity contribution in [1.29, 1.82) is 0 Å². The molecule has 1 N–H and O–H groups in total. The van der Waals surface area contributed by atoms with Crippen LogP contribution in [0.5, 0.6) is 0 Å². The SMILES string of the molecule is CC1=C2c3ccccc3C3CC2(CN1)c1ccccc13. The van der Waals surface area contributed by atoms with E-state index in [4.69, 9.17) is 0 Å². The molecule has 5 rings (SSSR count). The maximum Gasteiger partial charge on any atom is 0.0410 e. The van der Waals surface area contributed by atoms with Gasteiger partial charge in [0.2, 0.25) is 0 Å². The maximum atomic E-state index is 3.64. The Morgan fingerprint density at radius 1 is 1.00 bits per heavy atom. The molecule has 2 aliphatic carbocycles. The summed E-state index contributed by atoms with van der Waals surface area (Å²) in [6.45, 7) is 3.30. The van der Waals surface area contributed by atoms with Gasteiger partial charge >= 0.3 is 0 Å². The quantitative estimate of drug-likeness (QED) is 0.758. The Bertz CT molecular complexity index is 771. The van der Waals surface area contributed by atoms with E-state index >= 15 is 0 Å². The average Bonchev–Trinajstić information content (AvgIpc) is 2.98. The van der Waals surface area contributed by atoms with E-state index in [2.05, 4.69) is 60.8 Å². The third-order valence-corrected chi connectivity index (χ3v) is 5.52. The molecular formula is C19H17N. The summed E-state index contributed by atoms with van der Waals surface area (Å²) in [4.78, 5) is 0. The molecule has 2 bridgehead atoms. The first-order chi connectivity index (χ1) is 9.81. The third-order valence-electron chi connectivity index (χ3n) is 5.52. The molecule has 2 unspecified atom stereocenters. The minimum atomic E-state index is 0.222. The zero-order valence-corrected chi connectivity index (χ0v) is 11.6. The molecule has 98 valence electrons. The van der Waals surface area contributed by atoms with Gasteiger partial charge in [0.05, 0.1) is 0 Å². The second-order valence-corrected chi connectivity index (χ2v) is 6.37. The van der Waals surface area contributed by atoms with Crippen LogP contribution in [-0.4, -0.2) is 6.54 Å². The van der Waals surface area contributed by atoms with Gasteiger partial charge in [0.15, 0.2) is 0 Å². The fourth-order valence-electron chi connectivity index (χ4n) is 4.79. The highest BCUT2D eigenvalue weighted by molar-refractivity contribution is 5.87. The van der Waals surface area contributed by atoms with E-state index in [9.17, 15) is 0 Å². The van der Waals surface area contributed by atoms with Crippen LogP contribution < -0.4 is 5.32 Å². The lowest BCUT2D eigenvalue weighted by molar-refractivity contribution is 0.518. The number of hydrogen-bond acceptors (Lipinski definition) is 1. The molecule has 1 nitrogen and oxygen atoms in total. The van der Waals surface area contributed by atoms with Crippen LogP contribution in [0.1, 0.15) is 41.5 Å². The first kappa shape index (κ1) is 10.7. The van der Waals surface area contributed by atoms with Crippen LogP contribution in [0.2, 0.25) is 0 Å². The number of allylic oxidation sites excluding steroid dienone is 1. The van der Waals surface area contributed by atoms with Gasteiger partial charge in [-0.1, -0.05) is 48.5 Å². The molecule has 0 amide bonds. The highest BCUT2D eigenvalue weighted by atomic mass is 14.9. The number of nitrogens with one attached hydrogen (secondary N) is 1. The Balaban J connectivity index is 1.94. The Morgan fingerprint density at radius 2 is 1.75 bits per heavy atom. The fraction of sp³-hybridized carbons (Fsp3) is 0.263. The molecule has 1 spiro atoms. The van der Waals surface area contributed by atoms with E-state index in [-0.39, 0.29) is 5.41 Å². The minimum absolute atomic E-state index is 0.222. The van der Waals surface area contributed by atoms with Crippen molar-refractivity contribution in [2.75, 3.05) is 6.54 Å². The van der Waals surface area contributed by atoms with Crippen molar-refractivity contribution in [3.63, 3.8) is 0 Å². The maximum absolute atomic E-state index is 3.64. The number of rotatable bonds is 0. The summed E-state index contributed by atoms with van der Waals surface area (Å²) >= 11 is 0. The molecule has 0 saturated heterocycles. The van der Waals surface area contributed by atoms with Crippen molar-refractivity contribution in [2.45, 2.75) is 24.7 Å². The zero-order valence-electron chi connectivity index (χ0n) is 11.6. The third kappa shape index (κ3) is 1.03. The molecule has 3 aliphatic rings. The first-order valence-corrected chi connectivity index (χ1v) is 7.45. The minimum Gasteiger partial charge on any atom is -0.387 e. The predicted octanol–water partition coefficient (Wildman–Crippen LogP) is 3.81. The zero-order chi connectivity index (χ0) is 13.3. The largest absolute Gasteiger partial charge is 0.387 e. The molecule has 2 atom stereocenters. The number of fused-ring (bicyclic) bond motifs is 3. The van der Waals surface area contributed by atoms with Crippen molar-refractivity contribution in [3.05, 3.63) is 76.5 Å². The standard InChI is InChI=1S/C19H17N/c1-12-18-15-8-3-2-6-13(15)16-10-19(18,11-20-12)17-9-5-4-7-14(16)17/h2-9,16,20H,10-11H2,1H3. The van der Waals surface area contributed by atoms with Gasteiger partial charge in [0.25, 0.3) is 0 Å². The van der Waals surface area contributed by atoms with Gasteiger partial charge < -0.3 is 5.32 Å². The number of benzene rings is 2. The van der Waals surface area contributed by atoms with Crippen molar-refractivity contribution >= 4 is 5.57 Å². The molecule has 0 aromatic heterocycles. The van der Waals surface area contributed by atoms with Gasteiger partial charge in [-0.2, -0.15) is 0 Å². The molecule has 0 saturated carbocycles. The summed E-state index contributed by atoms with van der Waals surface area (Å²) in [6, 6.07) is 18.1. The van der Waals surface area contributed by atoms with Crippen LogP contribution in [0.3, 0.4) is 0 Å². The second-order valence-electron chi connectivity index (χ2n) is 6.37. The summed E-state index contributed by atoms with van der Waals surface area (Å²) in [7, 11) is 0. The lowest BCUT2D eigenvalue weighted by Gasteiger charge is -2.34. The first-order valence-electron chi connectivity index (χ1n) is 7.45. The summed E-state index contributed by atoms with van der Waals surface area (Å²) in [5.74, 6) is 0.582. The Hall–Kier alpha value is -2.02. The summed E-state index contributed by atoms with van der Waals surface area (Å²) in [5.41, 5.74) is 9.24. The molecule has 1 heterocycles. The lowest BCUT2D eigenvalue weighted by atomic mass is 9.68. The van der Waals surface area contributed by atoms with Gasteiger partial charge in [-0.05, 0) is 41.2 Å². The monoisotopic (exact) mass is 259 g/mol. The van der Waals surface area contributed by atoms with Crippen molar-refractivity contribution in [2.24, 2.45) is 0 Å². The van der Waals surface area contributed by atoms with Gasteiger partial charge in [-0.3, -0.25) is 0 Å². The van der Waals surface area contributed by atoms with Crippen LogP contribution >= 0.6 is 0 Å². The van der Waals surface area contributed by atoms with E-state index in [0.29, 0.717) is 5.92 Å². The summed E-state index contributed by atoms with van der Waals surface area (Å²) in [6.07, 6.45) is 1.24. The molecule has 2 aromatic carbocycles. The molecule has 1 aliphatic heterocycles. The highest BCUT2D eigenvalue weighted by Gasteiger charge is 2.53. The van der Waals surface area contributed by atoms with Crippen LogP contribution in [0.15, 0.2) is 54.2 Å². The smallest absolute Gasteiger partial charge is 0.0410 e. The molecule has 0 radical (unpaired) electrons. The van der Waals surface area contributed by atoms with Gasteiger partial charge in [0.1, 0.15) is 0 Å². The van der Waals surface area contributed by atoms with E-state index < -0.39 is 0 Å². The van der Waals surface area contributed by atoms with E-state index in [1.165, 1.54) is 23.2 Å². The van der Waals surface area contributed by atoms with Crippen molar-refractivity contribution < 1.29 is 0 Å². The Labute approximate surface area is 119 Å². The summed E-state index contributed by atoms with van der Waals surface area (Å²) in [5, 5.41) is 3.64. The van der Waals surface area contributed by atoms with Crippen LogP contribution in [0, 0.1) is 0 Å². The van der Waals surface area contributed by atoms with Crippen LogP contribution in [0.25, 0.3) is 5.57 Å². The normalized spacial score (nSPS) is 28.8. The van der Waals surface area contributed by atoms with Crippen molar-refractivity contribution in [3.8, 4) is 0 Å². The van der Waals surface area contributed by atoms with Gasteiger partial charge in [-0.15, -0.1) is 0 Å². The predicted molar refractivity (Wildman–Crippen MR) is 81.6 cm³/mol. The van der Waals surface area contributed by atoms with Gasteiger partial charge in [0, 0.05) is 23.6 Å². The topological polar surface area (TPSA) is 12.0 Å². The van der Waals surface area contributed by atoms with E-state index in [1.807, 2.05) is 0 Å².